The molecular weight excluding hydrogens is 471 g/mol. The highest BCUT2D eigenvalue weighted by Gasteiger charge is 2.50. The van der Waals surface area contributed by atoms with E-state index < -0.39 is 75.4 Å². The minimum atomic E-state index is -2.56. The Kier molecular flexibility index (Phi) is 8.30. The Labute approximate surface area is 201 Å². The molecule has 194 valence electrons. The second kappa shape index (κ2) is 10.4. The van der Waals surface area contributed by atoms with Crippen molar-refractivity contribution < 1.29 is 51.2 Å². The molecule has 0 bridgehead atoms. The normalized spacial score (nSPS) is 22.7. The third kappa shape index (κ3) is 4.61. The van der Waals surface area contributed by atoms with Crippen LogP contribution in [0.2, 0.25) is 0 Å². The molecule has 8 nitrogen and oxygen atoms in total. The van der Waals surface area contributed by atoms with E-state index in [4.69, 9.17) is 0 Å². The number of aliphatic hydroxyl groups is 2. The van der Waals surface area contributed by atoms with Crippen molar-refractivity contribution in [2.45, 2.75) is 26.2 Å². The van der Waals surface area contributed by atoms with Gasteiger partial charge < -0.3 is 26.1 Å². The summed E-state index contributed by atoms with van der Waals surface area (Å²) in [6.07, 6.45) is -2.75. The summed E-state index contributed by atoms with van der Waals surface area (Å²) in [4.78, 5) is 37.3. The molecule has 1 fully saturated rings. The number of benzene rings is 1. The van der Waals surface area contributed by atoms with Crippen LogP contribution in [0.15, 0.2) is 35.1 Å². The summed E-state index contributed by atoms with van der Waals surface area (Å²) in [5.41, 5.74) is -1.49. The molecule has 1 aromatic carbocycles. The van der Waals surface area contributed by atoms with E-state index in [0.29, 0.717) is 0 Å². The lowest BCUT2D eigenvalue weighted by Gasteiger charge is -2.41. The molecule has 1 aromatic rings. The van der Waals surface area contributed by atoms with Crippen LogP contribution in [0.4, 0.5) is 13.2 Å². The first kappa shape index (κ1) is 27.8. The van der Waals surface area contributed by atoms with Gasteiger partial charge in [-0.1, -0.05) is 0 Å². The smallest absolute Gasteiger partial charge is 0.306 e. The van der Waals surface area contributed by atoms with Gasteiger partial charge in [-0.2, -0.15) is 8.78 Å². The second-order valence-electron chi connectivity index (χ2n) is 8.50. The van der Waals surface area contributed by atoms with E-state index in [0.717, 1.165) is 19.1 Å². The average Bonchev–Trinajstić information content (AvgIpc) is 2.73. The van der Waals surface area contributed by atoms with E-state index in [1.807, 2.05) is 14.1 Å². The molecule has 6 N–H and O–H groups in total. The van der Waals surface area contributed by atoms with Crippen LogP contribution in [0.5, 0.6) is 5.75 Å². The molecule has 1 saturated carbocycles. The maximum Gasteiger partial charge on any atom is 0.306 e. The summed E-state index contributed by atoms with van der Waals surface area (Å²) in [6, 6.07) is 1.90. The first-order chi connectivity index (χ1) is 16.0. The molecule has 4 rings (SSSR count). The summed E-state index contributed by atoms with van der Waals surface area (Å²) >= 11 is 0. The number of hydrogen-bond donors (Lipinski definition) is 4. The van der Waals surface area contributed by atoms with Crippen molar-refractivity contribution in [1.82, 2.24) is 5.32 Å². The molecule has 3 aliphatic rings. The molecule has 3 aliphatic carbocycles. The fraction of sp³-hybridized carbons (Fsp3) is 0.375. The topological polar surface area (TPSA) is 155 Å². The fourth-order valence-corrected chi connectivity index (χ4v) is 5.06. The van der Waals surface area contributed by atoms with E-state index in [1.165, 1.54) is 0 Å². The number of hydrogen-bond acceptors (Lipinski definition) is 7. The van der Waals surface area contributed by atoms with Gasteiger partial charge in [0, 0.05) is 20.4 Å². The number of rotatable bonds is 2. The molecule has 3 atom stereocenters. The molecule has 0 spiro atoms. The highest BCUT2D eigenvalue weighted by molar-refractivity contribution is 6.22. The summed E-state index contributed by atoms with van der Waals surface area (Å²) in [5.74, 6) is -8.26. The number of carbonyl (C=O) groups is 3. The summed E-state index contributed by atoms with van der Waals surface area (Å²) < 4.78 is 39.9. The summed E-state index contributed by atoms with van der Waals surface area (Å²) in [7, 11) is 3.75. The van der Waals surface area contributed by atoms with Crippen molar-refractivity contribution >= 4 is 28.9 Å². The van der Waals surface area contributed by atoms with Crippen molar-refractivity contribution in [3.05, 3.63) is 51.8 Å². The Bertz CT molecular complexity index is 1190. The van der Waals surface area contributed by atoms with Crippen LogP contribution in [0, 0.1) is 17.8 Å². The van der Waals surface area contributed by atoms with E-state index in [9.17, 15) is 42.9 Å². The lowest BCUT2D eigenvalue weighted by Crippen LogP contribution is -2.43. The summed E-state index contributed by atoms with van der Waals surface area (Å²) in [5, 5.41) is 34.3. The van der Waals surface area contributed by atoms with Crippen LogP contribution in [-0.2, 0) is 20.8 Å². The first-order valence-electron chi connectivity index (χ1n) is 10.6. The van der Waals surface area contributed by atoms with Gasteiger partial charge in [0.25, 0.3) is 0 Å². The molecule has 0 amide bonds. The number of aromatic hydroxyl groups is 1. The lowest BCUT2D eigenvalue weighted by atomic mass is 9.61. The van der Waals surface area contributed by atoms with Gasteiger partial charge in [0.05, 0.1) is 17.1 Å². The Balaban J connectivity index is 0.00000206. The predicted molar refractivity (Wildman–Crippen MR) is 124 cm³/mol. The zero-order chi connectivity index (χ0) is 25.5. The molecule has 0 aliphatic heterocycles. The van der Waals surface area contributed by atoms with Crippen LogP contribution in [0.1, 0.15) is 39.3 Å². The molecular formula is C24H30F3NO7. The number of phenolic OH excluding ortho intramolecular Hbond substituents is 1. The zero-order valence-electron chi connectivity index (χ0n) is 19.2. The van der Waals surface area contributed by atoms with Gasteiger partial charge in [-0.25, -0.2) is 4.39 Å². The lowest BCUT2D eigenvalue weighted by molar-refractivity contribution is -0.127. The molecule has 0 heterocycles. The highest BCUT2D eigenvalue weighted by atomic mass is 19.3. The van der Waals surface area contributed by atoms with Gasteiger partial charge in [-0.3, -0.25) is 14.4 Å². The van der Waals surface area contributed by atoms with Crippen molar-refractivity contribution in [3.63, 3.8) is 0 Å². The van der Waals surface area contributed by atoms with Gasteiger partial charge in [0.1, 0.15) is 17.3 Å². The number of carbonyl (C=O) groups excluding carboxylic acids is 3. The minimum Gasteiger partial charge on any atom is -0.511 e. The van der Waals surface area contributed by atoms with Gasteiger partial charge in [-0.05, 0) is 63.4 Å². The van der Waals surface area contributed by atoms with Gasteiger partial charge in [0.15, 0.2) is 23.2 Å². The fourth-order valence-electron chi connectivity index (χ4n) is 5.06. The molecule has 3 unspecified atom stereocenters. The van der Waals surface area contributed by atoms with Crippen molar-refractivity contribution in [2.75, 3.05) is 14.1 Å². The Morgan fingerprint density at radius 1 is 1.09 bits per heavy atom. The number of aliphatic hydroxyl groups excluding tert-OH is 2. The van der Waals surface area contributed by atoms with Crippen LogP contribution >= 0.6 is 0 Å². The van der Waals surface area contributed by atoms with Gasteiger partial charge in [-0.15, -0.1) is 0 Å². The van der Waals surface area contributed by atoms with Crippen LogP contribution in [0.3, 0.4) is 0 Å². The van der Waals surface area contributed by atoms with Crippen LogP contribution < -0.4 is 5.32 Å². The molecule has 0 radical (unpaired) electrons. The first-order valence-corrected chi connectivity index (χ1v) is 10.6. The van der Waals surface area contributed by atoms with Crippen molar-refractivity contribution in [1.29, 1.82) is 0 Å². The Hall–Kier alpha value is -3.44. The molecule has 11 heteroatoms. The molecule has 0 aromatic heterocycles. The number of nitrogens with one attached hydrogen (secondary N) is 1. The number of phenols is 1. The van der Waals surface area contributed by atoms with Crippen molar-refractivity contribution in [2.24, 2.45) is 17.8 Å². The average molecular weight is 501 g/mol. The second-order valence-corrected chi connectivity index (χ2v) is 8.50. The van der Waals surface area contributed by atoms with E-state index in [1.54, 1.807) is 0 Å². The van der Waals surface area contributed by atoms with Crippen LogP contribution in [-0.4, -0.2) is 52.2 Å². The minimum absolute atomic E-state index is 0. The summed E-state index contributed by atoms with van der Waals surface area (Å²) in [6.45, 7) is 1.10. The number of halogens is 3. The third-order valence-corrected chi connectivity index (χ3v) is 6.28. The number of ketones is 3. The van der Waals surface area contributed by atoms with Crippen LogP contribution in [0.25, 0.3) is 11.6 Å². The maximum absolute atomic E-state index is 14.1. The van der Waals surface area contributed by atoms with Crippen molar-refractivity contribution in [3.8, 4) is 5.75 Å². The quantitative estimate of drug-likeness (QED) is 0.452. The number of allylic oxidation sites excluding steroid dienone is 3. The highest BCUT2D eigenvalue weighted by Crippen LogP contribution is 2.51. The number of fused-ring (bicyclic) bond motifs is 3. The van der Waals surface area contributed by atoms with Gasteiger partial charge in [0.2, 0.25) is 0 Å². The SMILES string of the molecule is CC(=O)C1=C(O)C2C(=O)C3=C(O)c4c(O)ccc(C(F)=C(F)F)c4CC3CC2CC1=O.CNC.O.[HH].[HH]. The predicted octanol–water partition coefficient (Wildman–Crippen LogP) is 3.45. The largest absolute Gasteiger partial charge is 0.511 e. The molecule has 35 heavy (non-hydrogen) atoms. The van der Waals surface area contributed by atoms with Gasteiger partial charge >= 0.3 is 6.08 Å². The zero-order valence-corrected chi connectivity index (χ0v) is 19.2. The Morgan fingerprint density at radius 3 is 2.23 bits per heavy atom. The molecule has 0 saturated heterocycles. The standard InChI is InChI=1S/C22H17F3O6.C2H7N.H2O.2H2/c1-7(26)14-13(28)6-9-4-8-5-11-10(18(23)22(24)25)2-3-12(27)17(11)21(31)15(8)20(30)16(9)19(14)29;1-3-2;;;/h2-3,8-9,16,27,29,31H,4-6H2,1H3;3H,1-2H3;1H2;2*1H. The number of Topliss-reactive ketones (excluding diaryl/α,β-unsaturated/α-hetero) is 3. The third-order valence-electron chi connectivity index (χ3n) is 6.28. The monoisotopic (exact) mass is 501 g/mol. The van der Waals surface area contributed by atoms with E-state index in [2.05, 4.69) is 5.32 Å². The Morgan fingerprint density at radius 2 is 1.69 bits per heavy atom. The van der Waals surface area contributed by atoms with E-state index in [-0.39, 0.29) is 44.3 Å². The van der Waals surface area contributed by atoms with E-state index >= 15 is 0 Å². The maximum atomic E-state index is 14.1.